The highest BCUT2D eigenvalue weighted by molar-refractivity contribution is 7.26. The number of thiophene rings is 1. The molecule has 4 heteroatoms. The molecule has 0 amide bonds. The summed E-state index contributed by atoms with van der Waals surface area (Å²) >= 11 is 1.87. The van der Waals surface area contributed by atoms with E-state index < -0.39 is 0 Å². The van der Waals surface area contributed by atoms with Gasteiger partial charge in [0.25, 0.3) is 0 Å². The van der Waals surface area contributed by atoms with Gasteiger partial charge in [0.2, 0.25) is 0 Å². The zero-order valence-electron chi connectivity index (χ0n) is 27.9. The second-order valence-electron chi connectivity index (χ2n) is 13.3. The first kappa shape index (κ1) is 29.1. The normalized spacial score (nSPS) is 12.5. The number of anilines is 3. The van der Waals surface area contributed by atoms with Crippen molar-refractivity contribution in [3.05, 3.63) is 176 Å². The van der Waals surface area contributed by atoms with Gasteiger partial charge in [-0.1, -0.05) is 133 Å². The van der Waals surface area contributed by atoms with Gasteiger partial charge >= 0.3 is 0 Å². The van der Waals surface area contributed by atoms with Crippen molar-refractivity contribution in [3.8, 4) is 67.5 Å². The highest BCUT2D eigenvalue weighted by atomic mass is 32.1. The predicted molar refractivity (Wildman–Crippen MR) is 216 cm³/mol. The molecule has 11 rings (SSSR count). The van der Waals surface area contributed by atoms with Crippen LogP contribution >= 0.6 is 11.3 Å². The monoisotopic (exact) mass is 683 g/mol. The number of para-hydroxylation sites is 2. The molecule has 0 saturated carbocycles. The first-order chi connectivity index (χ1) is 25.8. The van der Waals surface area contributed by atoms with Crippen molar-refractivity contribution < 1.29 is 9.47 Å². The van der Waals surface area contributed by atoms with Gasteiger partial charge in [-0.3, -0.25) is 4.90 Å². The van der Waals surface area contributed by atoms with E-state index in [0.717, 1.165) is 73.4 Å². The fourth-order valence-electron chi connectivity index (χ4n) is 7.83. The average molecular weight is 684 g/mol. The maximum Gasteiger partial charge on any atom is 0.156 e. The van der Waals surface area contributed by atoms with Crippen LogP contribution in [0.15, 0.2) is 176 Å². The Bertz CT molecular complexity index is 2860. The van der Waals surface area contributed by atoms with Crippen LogP contribution in [0.25, 0.3) is 64.7 Å². The van der Waals surface area contributed by atoms with E-state index in [1.165, 1.54) is 31.3 Å². The molecule has 1 aromatic heterocycles. The van der Waals surface area contributed by atoms with E-state index in [2.05, 4.69) is 163 Å². The van der Waals surface area contributed by atoms with Crippen molar-refractivity contribution in [1.29, 1.82) is 0 Å². The quantitative estimate of drug-likeness (QED) is 0.184. The topological polar surface area (TPSA) is 21.7 Å². The minimum Gasteiger partial charge on any atom is -0.453 e. The van der Waals surface area contributed by atoms with E-state index in [1.807, 2.05) is 29.5 Å². The van der Waals surface area contributed by atoms with Crippen molar-refractivity contribution >= 4 is 48.6 Å². The summed E-state index contributed by atoms with van der Waals surface area (Å²) in [6, 6.07) is 62.4. The van der Waals surface area contributed by atoms with Gasteiger partial charge in [0.1, 0.15) is 5.69 Å². The molecule has 0 N–H and O–H groups in total. The van der Waals surface area contributed by atoms with E-state index in [9.17, 15) is 0 Å². The van der Waals surface area contributed by atoms with Crippen LogP contribution in [0.2, 0.25) is 0 Å². The lowest BCUT2D eigenvalue weighted by Crippen LogP contribution is -2.20. The third kappa shape index (κ3) is 4.51. The fourth-order valence-corrected chi connectivity index (χ4v) is 9.07. The summed E-state index contributed by atoms with van der Waals surface area (Å²) < 4.78 is 16.1. The van der Waals surface area contributed by atoms with Crippen molar-refractivity contribution in [2.45, 2.75) is 0 Å². The molecule has 0 saturated heterocycles. The molecule has 8 aromatic carbocycles. The third-order valence-corrected chi connectivity index (χ3v) is 11.5. The van der Waals surface area contributed by atoms with Crippen molar-refractivity contribution in [2.75, 3.05) is 4.90 Å². The first-order valence-electron chi connectivity index (χ1n) is 17.5. The molecule has 3 heterocycles. The summed E-state index contributed by atoms with van der Waals surface area (Å²) in [4.78, 5) is 2.28. The largest absolute Gasteiger partial charge is 0.453 e. The maximum atomic E-state index is 6.81. The highest BCUT2D eigenvalue weighted by Crippen LogP contribution is 2.61. The summed E-state index contributed by atoms with van der Waals surface area (Å²) in [5.74, 6) is 3.16. The Morgan fingerprint density at radius 2 is 0.942 bits per heavy atom. The lowest BCUT2D eigenvalue weighted by molar-refractivity contribution is 0.446. The van der Waals surface area contributed by atoms with Gasteiger partial charge in [-0.2, -0.15) is 0 Å². The van der Waals surface area contributed by atoms with Gasteiger partial charge in [0.15, 0.2) is 23.0 Å². The molecular weight excluding hydrogens is 655 g/mol. The van der Waals surface area contributed by atoms with Gasteiger partial charge in [0.05, 0.1) is 11.4 Å². The molecule has 2 aliphatic rings. The third-order valence-electron chi connectivity index (χ3n) is 10.3. The molecule has 0 spiro atoms. The zero-order chi connectivity index (χ0) is 34.2. The van der Waals surface area contributed by atoms with Gasteiger partial charge in [-0.05, 0) is 87.0 Å². The minimum atomic E-state index is 0.765. The maximum absolute atomic E-state index is 6.81. The second-order valence-corrected chi connectivity index (χ2v) is 14.3. The number of rotatable bonds is 4. The van der Waals surface area contributed by atoms with Crippen LogP contribution in [0.5, 0.6) is 23.0 Å². The van der Waals surface area contributed by atoms with Gasteiger partial charge in [-0.15, -0.1) is 11.3 Å². The molecule has 0 aliphatic carbocycles. The number of hydrogen-bond acceptors (Lipinski definition) is 4. The fraction of sp³-hybridized carbons (Fsp3) is 0. The van der Waals surface area contributed by atoms with Crippen LogP contribution in [0.1, 0.15) is 0 Å². The summed E-state index contributed by atoms with van der Waals surface area (Å²) in [7, 11) is 0. The van der Waals surface area contributed by atoms with Gasteiger partial charge < -0.3 is 9.47 Å². The minimum absolute atomic E-state index is 0.765. The van der Waals surface area contributed by atoms with E-state index in [1.54, 1.807) is 0 Å². The molecule has 9 aromatic rings. The van der Waals surface area contributed by atoms with E-state index in [4.69, 9.17) is 9.47 Å². The van der Waals surface area contributed by atoms with E-state index in [0.29, 0.717) is 0 Å². The van der Waals surface area contributed by atoms with E-state index in [-0.39, 0.29) is 0 Å². The molecule has 0 unspecified atom stereocenters. The number of hydrogen-bond donors (Lipinski definition) is 0. The lowest BCUT2D eigenvalue weighted by atomic mass is 9.92. The first-order valence-corrected chi connectivity index (χ1v) is 18.3. The highest BCUT2D eigenvalue weighted by Gasteiger charge is 2.35. The molecule has 0 radical (unpaired) electrons. The Hall–Kier alpha value is -6.62. The molecule has 0 fully saturated rings. The van der Waals surface area contributed by atoms with Crippen LogP contribution in [0.3, 0.4) is 0 Å². The van der Waals surface area contributed by atoms with Crippen LogP contribution in [-0.2, 0) is 0 Å². The number of fused-ring (bicyclic) bond motifs is 7. The molecule has 52 heavy (non-hydrogen) atoms. The van der Waals surface area contributed by atoms with Crippen molar-refractivity contribution in [2.24, 2.45) is 0 Å². The predicted octanol–water partition coefficient (Wildman–Crippen LogP) is 14.4. The standard InChI is InChI=1S/C48H29NO2S/c1-2-11-30(12-3-1)33-25-26-41-43(27-33)51-45-29-34(28-44-47(45)49(41)40-18-7-8-19-42(40)50-44)36-14-5-4-13-35(36)31-21-23-32(24-22-31)37-16-10-17-39-38-15-6-9-20-46(38)52-48(37)39/h1-29H. The second kappa shape index (κ2) is 11.5. The Kier molecular flexibility index (Phi) is 6.42. The van der Waals surface area contributed by atoms with Crippen molar-refractivity contribution in [3.63, 3.8) is 0 Å². The Morgan fingerprint density at radius 3 is 1.77 bits per heavy atom. The van der Waals surface area contributed by atoms with Crippen LogP contribution in [0, 0.1) is 0 Å². The Morgan fingerprint density at radius 1 is 0.365 bits per heavy atom. The van der Waals surface area contributed by atoms with Gasteiger partial charge in [-0.25, -0.2) is 0 Å². The number of nitrogens with zero attached hydrogens (tertiary/aromatic N) is 1. The number of benzene rings is 8. The summed E-state index contributed by atoms with van der Waals surface area (Å²) in [6.07, 6.45) is 0. The summed E-state index contributed by atoms with van der Waals surface area (Å²) in [5, 5.41) is 2.63. The molecule has 244 valence electrons. The Balaban J connectivity index is 1.02. The SMILES string of the molecule is c1ccc(-c2ccc3c(c2)Oc2cc(-c4ccccc4-c4ccc(-c5cccc6c5sc5ccccc56)cc4)cc4c2N3c2ccccc2O4)cc1. The molecular formula is C48H29NO2S. The molecule has 0 bridgehead atoms. The number of ether oxygens (including phenoxy) is 2. The van der Waals surface area contributed by atoms with Crippen molar-refractivity contribution in [1.82, 2.24) is 0 Å². The van der Waals surface area contributed by atoms with Gasteiger partial charge in [0, 0.05) is 20.2 Å². The van der Waals surface area contributed by atoms with Crippen LogP contribution in [-0.4, -0.2) is 0 Å². The zero-order valence-corrected chi connectivity index (χ0v) is 28.7. The summed E-state index contributed by atoms with van der Waals surface area (Å²) in [5.41, 5.74) is 12.1. The van der Waals surface area contributed by atoms with Crippen LogP contribution < -0.4 is 14.4 Å². The molecule has 0 atom stereocenters. The lowest BCUT2D eigenvalue weighted by Gasteiger charge is -2.38. The summed E-state index contributed by atoms with van der Waals surface area (Å²) in [6.45, 7) is 0. The Labute approximate surface area is 305 Å². The molecule has 2 aliphatic heterocycles. The average Bonchev–Trinajstić information content (AvgIpc) is 3.60. The molecule has 3 nitrogen and oxygen atoms in total. The van der Waals surface area contributed by atoms with E-state index >= 15 is 0 Å². The smallest absolute Gasteiger partial charge is 0.156 e. The van der Waals surface area contributed by atoms with Crippen LogP contribution in [0.4, 0.5) is 17.1 Å².